The quantitative estimate of drug-likeness (QED) is 0.606. The summed E-state index contributed by atoms with van der Waals surface area (Å²) in [6.45, 7) is 2.76. The molecule has 0 spiro atoms. The zero-order valence-corrected chi connectivity index (χ0v) is 17.8. The first-order chi connectivity index (χ1) is 15.0. The van der Waals surface area contributed by atoms with Crippen molar-refractivity contribution in [1.82, 2.24) is 10.3 Å². The van der Waals surface area contributed by atoms with Crippen molar-refractivity contribution in [3.63, 3.8) is 0 Å². The first-order valence-electron chi connectivity index (χ1n) is 10.2. The lowest BCUT2D eigenvalue weighted by Gasteiger charge is -2.18. The van der Waals surface area contributed by atoms with Crippen LogP contribution in [0.4, 0.5) is 0 Å². The number of rotatable bonds is 7. The van der Waals surface area contributed by atoms with Crippen LogP contribution in [0.25, 0.3) is 22.0 Å². The number of hydrogen-bond donors (Lipinski definition) is 2. The van der Waals surface area contributed by atoms with Gasteiger partial charge in [0.2, 0.25) is 5.91 Å². The molecule has 0 radical (unpaired) electrons. The van der Waals surface area contributed by atoms with Crippen LogP contribution in [0, 0.1) is 5.92 Å². The Morgan fingerprint density at radius 3 is 2.61 bits per heavy atom. The largest absolute Gasteiger partial charge is 0.493 e. The topological polar surface area (TPSA) is 89.9 Å². The Kier molecular flexibility index (Phi) is 5.95. The highest BCUT2D eigenvalue weighted by atomic mass is 16.5. The van der Waals surface area contributed by atoms with Crippen LogP contribution in [-0.4, -0.2) is 43.4 Å². The standard InChI is InChI=1S/C24H26N2O5/c1-14(27)19-8-16(11-22(29-2)24(19)30-3)17-9-20-18(5-4-6-25-20)21(10-17)31-13-15-7-23(28)26-12-15/h4-6,8-11,14-15,27H,7,12-13H2,1-3H3,(H,26,28)/t14?,15-/m1/s1. The highest BCUT2D eigenvalue weighted by Crippen LogP contribution is 2.41. The number of ether oxygens (including phenoxy) is 3. The molecule has 0 aliphatic carbocycles. The van der Waals surface area contributed by atoms with Gasteiger partial charge in [0.05, 0.1) is 32.4 Å². The summed E-state index contributed by atoms with van der Waals surface area (Å²) in [5, 5.41) is 14.0. The van der Waals surface area contributed by atoms with Crippen LogP contribution in [-0.2, 0) is 4.79 Å². The van der Waals surface area contributed by atoms with E-state index in [2.05, 4.69) is 10.3 Å². The van der Waals surface area contributed by atoms with Gasteiger partial charge in [-0.3, -0.25) is 9.78 Å². The van der Waals surface area contributed by atoms with Gasteiger partial charge in [-0.2, -0.15) is 0 Å². The number of fused-ring (bicyclic) bond motifs is 1. The summed E-state index contributed by atoms with van der Waals surface area (Å²) in [4.78, 5) is 16.0. The number of carbonyl (C=O) groups is 1. The van der Waals surface area contributed by atoms with Crippen LogP contribution in [0.2, 0.25) is 0 Å². The minimum atomic E-state index is -0.731. The van der Waals surface area contributed by atoms with E-state index in [0.29, 0.717) is 42.4 Å². The van der Waals surface area contributed by atoms with Crippen molar-refractivity contribution in [3.8, 4) is 28.4 Å². The van der Waals surface area contributed by atoms with Gasteiger partial charge in [-0.05, 0) is 54.4 Å². The first kappa shape index (κ1) is 20.9. The second kappa shape index (κ2) is 8.81. The number of carbonyl (C=O) groups excluding carboxylic acids is 1. The summed E-state index contributed by atoms with van der Waals surface area (Å²) >= 11 is 0. The van der Waals surface area contributed by atoms with E-state index in [9.17, 15) is 9.90 Å². The van der Waals surface area contributed by atoms with E-state index in [1.165, 1.54) is 0 Å². The minimum Gasteiger partial charge on any atom is -0.493 e. The average Bonchev–Trinajstić information content (AvgIpc) is 3.21. The van der Waals surface area contributed by atoms with Gasteiger partial charge < -0.3 is 24.6 Å². The Balaban J connectivity index is 1.77. The van der Waals surface area contributed by atoms with E-state index in [-0.39, 0.29) is 11.8 Å². The highest BCUT2D eigenvalue weighted by molar-refractivity contribution is 5.90. The number of benzene rings is 2. The third-order valence-electron chi connectivity index (χ3n) is 5.51. The van der Waals surface area contributed by atoms with E-state index >= 15 is 0 Å². The van der Waals surface area contributed by atoms with Crippen molar-refractivity contribution >= 4 is 16.8 Å². The van der Waals surface area contributed by atoms with Gasteiger partial charge in [-0.1, -0.05) is 0 Å². The van der Waals surface area contributed by atoms with Crippen molar-refractivity contribution in [2.24, 2.45) is 5.92 Å². The monoisotopic (exact) mass is 422 g/mol. The molecule has 0 bridgehead atoms. The summed E-state index contributed by atoms with van der Waals surface area (Å²) in [7, 11) is 3.12. The zero-order chi connectivity index (χ0) is 22.0. The SMILES string of the molecule is COc1cc(-c2cc(OC[C@H]3CNC(=O)C3)c3cccnc3c2)cc(C(C)O)c1OC. The maximum absolute atomic E-state index is 11.5. The second-order valence-electron chi connectivity index (χ2n) is 7.71. The molecule has 0 saturated carbocycles. The molecule has 2 heterocycles. The van der Waals surface area contributed by atoms with Gasteiger partial charge >= 0.3 is 0 Å². The van der Waals surface area contributed by atoms with Crippen LogP contribution in [0.1, 0.15) is 25.0 Å². The smallest absolute Gasteiger partial charge is 0.220 e. The average molecular weight is 422 g/mol. The van der Waals surface area contributed by atoms with E-state index in [1.807, 2.05) is 36.4 Å². The number of aromatic nitrogens is 1. The fourth-order valence-corrected chi connectivity index (χ4v) is 3.90. The predicted molar refractivity (Wildman–Crippen MR) is 118 cm³/mol. The Morgan fingerprint density at radius 2 is 1.94 bits per heavy atom. The van der Waals surface area contributed by atoms with Crippen LogP contribution >= 0.6 is 0 Å². The highest BCUT2D eigenvalue weighted by Gasteiger charge is 2.23. The minimum absolute atomic E-state index is 0.0601. The summed E-state index contributed by atoms with van der Waals surface area (Å²) in [6.07, 6.45) is 1.49. The number of aliphatic hydroxyl groups is 1. The Hall–Kier alpha value is -3.32. The molecule has 1 fully saturated rings. The third-order valence-corrected chi connectivity index (χ3v) is 5.51. The van der Waals surface area contributed by atoms with Crippen LogP contribution in [0.5, 0.6) is 17.2 Å². The van der Waals surface area contributed by atoms with Gasteiger partial charge in [0.15, 0.2) is 11.5 Å². The normalized spacial score (nSPS) is 16.8. The number of pyridine rings is 1. The number of aliphatic hydroxyl groups excluding tert-OH is 1. The lowest BCUT2D eigenvalue weighted by Crippen LogP contribution is -2.16. The van der Waals surface area contributed by atoms with E-state index in [0.717, 1.165) is 22.0 Å². The second-order valence-corrected chi connectivity index (χ2v) is 7.71. The number of nitrogens with zero attached hydrogens (tertiary/aromatic N) is 1. The maximum atomic E-state index is 11.5. The van der Waals surface area contributed by atoms with Crippen molar-refractivity contribution in [1.29, 1.82) is 0 Å². The van der Waals surface area contributed by atoms with Crippen LogP contribution in [0.15, 0.2) is 42.6 Å². The lowest BCUT2D eigenvalue weighted by molar-refractivity contribution is -0.119. The van der Waals surface area contributed by atoms with Gasteiger partial charge in [0, 0.05) is 36.0 Å². The summed E-state index contributed by atoms with van der Waals surface area (Å²) in [5.74, 6) is 1.95. The van der Waals surface area contributed by atoms with Crippen LogP contribution in [0.3, 0.4) is 0 Å². The summed E-state index contributed by atoms with van der Waals surface area (Å²) in [6, 6.07) is 11.5. The third kappa shape index (κ3) is 4.27. The van der Waals surface area contributed by atoms with Crippen molar-refractivity contribution in [2.75, 3.05) is 27.4 Å². The Labute approximate surface area is 181 Å². The molecule has 4 rings (SSSR count). The van der Waals surface area contributed by atoms with E-state index in [4.69, 9.17) is 14.2 Å². The molecule has 162 valence electrons. The van der Waals surface area contributed by atoms with E-state index < -0.39 is 6.10 Å². The molecule has 1 aromatic heterocycles. The van der Waals surface area contributed by atoms with Gasteiger partial charge in [-0.15, -0.1) is 0 Å². The van der Waals surface area contributed by atoms with Gasteiger partial charge in [-0.25, -0.2) is 0 Å². The molecular formula is C24H26N2O5. The van der Waals surface area contributed by atoms with E-state index in [1.54, 1.807) is 27.3 Å². The molecule has 1 aliphatic heterocycles. The van der Waals surface area contributed by atoms with Gasteiger partial charge in [0.1, 0.15) is 5.75 Å². The van der Waals surface area contributed by atoms with Crippen molar-refractivity contribution < 1.29 is 24.1 Å². The molecule has 7 heteroatoms. The maximum Gasteiger partial charge on any atom is 0.220 e. The fourth-order valence-electron chi connectivity index (χ4n) is 3.90. The molecule has 1 amide bonds. The molecule has 1 saturated heterocycles. The number of hydrogen-bond acceptors (Lipinski definition) is 6. The predicted octanol–water partition coefficient (Wildman–Crippen LogP) is 3.49. The molecule has 7 nitrogen and oxygen atoms in total. The molecule has 1 aliphatic rings. The summed E-state index contributed by atoms with van der Waals surface area (Å²) in [5.41, 5.74) is 3.16. The molecule has 2 aromatic carbocycles. The number of amides is 1. The molecule has 2 N–H and O–H groups in total. The lowest BCUT2D eigenvalue weighted by atomic mass is 9.98. The molecule has 3 aromatic rings. The number of methoxy groups -OCH3 is 2. The zero-order valence-electron chi connectivity index (χ0n) is 17.8. The molecular weight excluding hydrogens is 396 g/mol. The van der Waals surface area contributed by atoms with Crippen LogP contribution < -0.4 is 19.5 Å². The van der Waals surface area contributed by atoms with Crippen molar-refractivity contribution in [3.05, 3.63) is 48.2 Å². The first-order valence-corrected chi connectivity index (χ1v) is 10.2. The Bertz CT molecular complexity index is 1110. The Morgan fingerprint density at radius 1 is 1.16 bits per heavy atom. The van der Waals surface area contributed by atoms with Crippen molar-refractivity contribution in [2.45, 2.75) is 19.4 Å². The number of nitrogens with one attached hydrogen (secondary N) is 1. The molecule has 2 atom stereocenters. The van der Waals surface area contributed by atoms with Gasteiger partial charge in [0.25, 0.3) is 0 Å². The molecule has 1 unspecified atom stereocenters. The fraction of sp³-hybridized carbons (Fsp3) is 0.333. The summed E-state index contributed by atoms with van der Waals surface area (Å²) < 4.78 is 17.1. The molecule has 31 heavy (non-hydrogen) atoms.